The van der Waals surface area contributed by atoms with Crippen LogP contribution in [-0.4, -0.2) is 57.6 Å². The molecule has 3 N–H and O–H groups in total. The lowest BCUT2D eigenvalue weighted by molar-refractivity contribution is -0.199. The van der Waals surface area contributed by atoms with Crippen molar-refractivity contribution in [2.45, 2.75) is 82.5 Å². The Morgan fingerprint density at radius 1 is 0.940 bits per heavy atom. The zero-order valence-corrected chi connectivity index (χ0v) is 29.8. The van der Waals surface area contributed by atoms with Crippen LogP contribution >= 0.6 is 0 Å². The number of carbonyl (C=O) groups is 2. The monoisotopic (exact) mass is 705 g/mol. The van der Waals surface area contributed by atoms with E-state index in [1.54, 1.807) is 24.3 Å². The minimum absolute atomic E-state index is 0.0947. The average molecular weight is 706 g/mol. The van der Waals surface area contributed by atoms with E-state index < -0.39 is 58.9 Å². The van der Waals surface area contributed by atoms with Crippen molar-refractivity contribution in [2.24, 2.45) is 23.2 Å². The molecule has 3 aliphatic carbocycles. The van der Waals surface area contributed by atoms with Crippen LogP contribution in [0.25, 0.3) is 0 Å². The quantitative estimate of drug-likeness (QED) is 0.201. The Morgan fingerprint density at radius 2 is 1.60 bits per heavy atom. The maximum atomic E-state index is 14.0. The van der Waals surface area contributed by atoms with Gasteiger partial charge in [-0.2, -0.15) is 0 Å². The molecule has 3 aromatic carbocycles. The van der Waals surface area contributed by atoms with Crippen LogP contribution in [0.1, 0.15) is 64.2 Å². The third-order valence-electron chi connectivity index (χ3n) is 10.7. The van der Waals surface area contributed by atoms with Crippen LogP contribution < -0.4 is 20.1 Å². The molecular formula is C37H45BFN3O7S. The summed E-state index contributed by atoms with van der Waals surface area (Å²) in [5.74, 6) is -0.154. The van der Waals surface area contributed by atoms with Gasteiger partial charge in [0.1, 0.15) is 23.4 Å². The molecule has 50 heavy (non-hydrogen) atoms. The second-order valence-electron chi connectivity index (χ2n) is 14.9. The molecule has 2 amide bonds. The summed E-state index contributed by atoms with van der Waals surface area (Å²) in [6.45, 7) is 10.3. The largest absolute Gasteiger partial charge is 0.481 e. The lowest BCUT2D eigenvalue weighted by Gasteiger charge is -2.64. The van der Waals surface area contributed by atoms with Gasteiger partial charge in [-0.3, -0.25) is 9.59 Å². The molecule has 10 nitrogen and oxygen atoms in total. The van der Waals surface area contributed by atoms with Crippen LogP contribution in [0.15, 0.2) is 83.8 Å². The van der Waals surface area contributed by atoms with Gasteiger partial charge in [0.25, 0.3) is 5.91 Å². The van der Waals surface area contributed by atoms with Gasteiger partial charge in [0.15, 0.2) is 0 Å². The van der Waals surface area contributed by atoms with Crippen LogP contribution in [0.5, 0.6) is 11.5 Å². The Morgan fingerprint density at radius 3 is 2.24 bits per heavy atom. The lowest BCUT2D eigenvalue weighted by Crippen LogP contribution is -2.65. The number of rotatable bonds is 13. The molecule has 1 heterocycles. The minimum atomic E-state index is -4.15. The van der Waals surface area contributed by atoms with E-state index in [2.05, 4.69) is 36.1 Å². The first-order valence-corrected chi connectivity index (χ1v) is 18.7. The zero-order chi connectivity index (χ0) is 35.8. The van der Waals surface area contributed by atoms with Crippen LogP contribution in [-0.2, 0) is 24.1 Å². The maximum absolute atomic E-state index is 14.0. The first-order chi connectivity index (χ1) is 23.7. The van der Waals surface area contributed by atoms with Gasteiger partial charge in [-0.15, -0.1) is 0 Å². The fourth-order valence-corrected chi connectivity index (χ4v) is 8.79. The summed E-state index contributed by atoms with van der Waals surface area (Å²) in [7, 11) is -4.87. The Bertz CT molecular complexity index is 1790. The van der Waals surface area contributed by atoms with Gasteiger partial charge in [0.2, 0.25) is 15.9 Å². The molecule has 266 valence electrons. The predicted molar refractivity (Wildman–Crippen MR) is 187 cm³/mol. The number of amides is 2. The molecule has 0 aromatic heterocycles. The van der Waals surface area contributed by atoms with Crippen molar-refractivity contribution in [3.63, 3.8) is 0 Å². The zero-order valence-electron chi connectivity index (χ0n) is 29.0. The van der Waals surface area contributed by atoms with Gasteiger partial charge in [-0.05, 0) is 110 Å². The highest BCUT2D eigenvalue weighted by molar-refractivity contribution is 7.89. The summed E-state index contributed by atoms with van der Waals surface area (Å²) in [6.07, 6.45) is 2.40. The summed E-state index contributed by atoms with van der Waals surface area (Å²) in [5, 5.41) is 5.74. The normalized spacial score (nSPS) is 24.9. The number of sulfonamides is 1. The summed E-state index contributed by atoms with van der Waals surface area (Å²) in [5.41, 5.74) is -0.106. The average Bonchev–Trinajstić information content (AvgIpc) is 3.44. The van der Waals surface area contributed by atoms with Crippen molar-refractivity contribution in [3.8, 4) is 11.5 Å². The molecule has 7 rings (SSSR count). The van der Waals surface area contributed by atoms with Crippen LogP contribution in [0, 0.1) is 29.0 Å². The van der Waals surface area contributed by atoms with E-state index in [-0.39, 0.29) is 27.9 Å². The number of carbonyl (C=O) groups excluding carboxylic acids is 2. The molecule has 13 heteroatoms. The van der Waals surface area contributed by atoms with E-state index in [9.17, 15) is 22.4 Å². The van der Waals surface area contributed by atoms with E-state index in [0.29, 0.717) is 29.8 Å². The first kappa shape index (κ1) is 36.0. The van der Waals surface area contributed by atoms with Gasteiger partial charge in [0.05, 0.1) is 22.5 Å². The Balaban J connectivity index is 1.19. The van der Waals surface area contributed by atoms with Crippen molar-refractivity contribution < 1.29 is 36.4 Å². The fourth-order valence-electron chi connectivity index (χ4n) is 7.74. The summed E-state index contributed by atoms with van der Waals surface area (Å²) >= 11 is 0. The molecule has 1 aliphatic heterocycles. The van der Waals surface area contributed by atoms with Crippen molar-refractivity contribution in [1.82, 2.24) is 15.4 Å². The molecule has 3 saturated carbocycles. The van der Waals surface area contributed by atoms with Gasteiger partial charge in [-0.25, -0.2) is 17.5 Å². The number of benzene rings is 3. The molecule has 0 spiro atoms. The molecule has 4 fully saturated rings. The number of hydrogen-bond donors (Lipinski definition) is 3. The molecule has 0 unspecified atom stereocenters. The molecule has 3 aromatic rings. The summed E-state index contributed by atoms with van der Waals surface area (Å²) in [6, 6.07) is 18.6. The van der Waals surface area contributed by atoms with Crippen LogP contribution in [0.4, 0.5) is 4.39 Å². The highest BCUT2D eigenvalue weighted by atomic mass is 32.2. The van der Waals surface area contributed by atoms with Gasteiger partial charge in [0, 0.05) is 12.1 Å². The standard InChI is InChI=1S/C37H45BFN3O7S/c1-23(2)19-33(38-48-32-21-25-20-31(36(25,3)4)37(32,5)49-38)42-35(44)30(22-40-50(45,46)29-17-13-26(39)14-18-29)41-34(43)24-11-15-28(16-12-24)47-27-9-7-6-8-10-27/h6-18,23,25,30-33,40H,19-22H2,1-5H3,(H,41,43)(H,42,44)/t25-,30+,31-,32-,33+,37+/m1/s1. The second kappa shape index (κ2) is 14.1. The van der Waals surface area contributed by atoms with Crippen molar-refractivity contribution in [3.05, 3.63) is 90.2 Å². The van der Waals surface area contributed by atoms with Gasteiger partial charge in [-0.1, -0.05) is 45.9 Å². The number of nitrogens with one attached hydrogen (secondary N) is 3. The maximum Gasteiger partial charge on any atom is 0.481 e. The Labute approximate surface area is 294 Å². The predicted octanol–water partition coefficient (Wildman–Crippen LogP) is 5.49. The first-order valence-electron chi connectivity index (χ1n) is 17.2. The molecular weight excluding hydrogens is 660 g/mol. The van der Waals surface area contributed by atoms with E-state index in [4.69, 9.17) is 14.0 Å². The van der Waals surface area contributed by atoms with E-state index >= 15 is 0 Å². The highest BCUT2D eigenvalue weighted by Gasteiger charge is 2.68. The second-order valence-corrected chi connectivity index (χ2v) is 16.6. The third-order valence-corrected chi connectivity index (χ3v) is 12.1. The molecule has 2 bridgehead atoms. The van der Waals surface area contributed by atoms with Crippen molar-refractivity contribution >= 4 is 29.0 Å². The summed E-state index contributed by atoms with van der Waals surface area (Å²) < 4.78 is 61.2. The Hall–Kier alpha value is -3.78. The number of ether oxygens (including phenoxy) is 1. The SMILES string of the molecule is CC(C)C[C@H](NC(=O)[C@H](CNS(=O)(=O)c1ccc(F)cc1)NC(=O)c1ccc(Oc2ccccc2)cc1)B1O[C@@H]2C[C@H]3C[C@H](C3(C)C)[C@]2(C)O1. The molecule has 1 saturated heterocycles. The highest BCUT2D eigenvalue weighted by Crippen LogP contribution is 2.65. The van der Waals surface area contributed by atoms with Crippen molar-refractivity contribution in [1.29, 1.82) is 0 Å². The molecule has 6 atom stereocenters. The molecule has 0 radical (unpaired) electrons. The van der Waals surface area contributed by atoms with Crippen LogP contribution in [0.2, 0.25) is 0 Å². The fraction of sp³-hybridized carbons (Fsp3) is 0.459. The topological polar surface area (TPSA) is 132 Å². The number of hydrogen-bond acceptors (Lipinski definition) is 7. The van der Waals surface area contributed by atoms with E-state index in [1.165, 1.54) is 0 Å². The minimum Gasteiger partial charge on any atom is -0.457 e. The van der Waals surface area contributed by atoms with E-state index in [1.807, 2.05) is 44.2 Å². The van der Waals surface area contributed by atoms with Crippen molar-refractivity contribution in [2.75, 3.05) is 6.54 Å². The van der Waals surface area contributed by atoms with Gasteiger partial charge >= 0.3 is 7.12 Å². The Kier molecular flexibility index (Phi) is 10.2. The smallest absolute Gasteiger partial charge is 0.457 e. The number of halogens is 1. The number of para-hydroxylation sites is 1. The summed E-state index contributed by atoms with van der Waals surface area (Å²) in [4.78, 5) is 27.4. The molecule has 4 aliphatic rings. The van der Waals surface area contributed by atoms with E-state index in [0.717, 1.165) is 37.1 Å². The third kappa shape index (κ3) is 7.46. The van der Waals surface area contributed by atoms with Gasteiger partial charge < -0.3 is 24.7 Å². The van der Waals surface area contributed by atoms with Crippen LogP contribution in [0.3, 0.4) is 0 Å². The lowest BCUT2D eigenvalue weighted by atomic mass is 9.43.